The van der Waals surface area contributed by atoms with E-state index in [-0.39, 0.29) is 5.69 Å². The molecule has 0 fully saturated rings. The molecule has 4 heterocycles. The Morgan fingerprint density at radius 2 is 2.00 bits per heavy atom. The van der Waals surface area contributed by atoms with Crippen molar-refractivity contribution in [2.24, 2.45) is 12.8 Å². The van der Waals surface area contributed by atoms with E-state index in [0.29, 0.717) is 5.69 Å². The van der Waals surface area contributed by atoms with E-state index in [1.54, 1.807) is 12.4 Å². The van der Waals surface area contributed by atoms with Gasteiger partial charge in [-0.3, -0.25) is 4.79 Å². The van der Waals surface area contributed by atoms with Crippen LogP contribution >= 0.6 is 11.3 Å². The zero-order valence-electron chi connectivity index (χ0n) is 13.6. The number of aryl methyl sites for hydroxylation is 2. The fourth-order valence-electron chi connectivity index (χ4n) is 2.78. The van der Waals surface area contributed by atoms with Gasteiger partial charge < -0.3 is 10.3 Å². The fraction of sp³-hybridized carbons (Fsp3) is 0.118. The van der Waals surface area contributed by atoms with Crippen LogP contribution in [0.1, 0.15) is 16.2 Å². The van der Waals surface area contributed by atoms with Crippen LogP contribution in [0.25, 0.3) is 32.0 Å². The molecule has 1 amide bonds. The molecule has 0 aliphatic heterocycles. The normalized spacial score (nSPS) is 11.1. The molecule has 0 saturated heterocycles. The minimum Gasteiger partial charge on any atom is -0.364 e. The van der Waals surface area contributed by atoms with Gasteiger partial charge in [-0.1, -0.05) is 0 Å². The highest BCUT2D eigenvalue weighted by Gasteiger charge is 2.18. The average molecular weight is 350 g/mol. The number of carbonyl (C=O) groups excluding carboxylic acids is 1. The number of nitrogens with two attached hydrogens (primary N) is 1. The zero-order valence-corrected chi connectivity index (χ0v) is 14.4. The number of rotatable bonds is 3. The second kappa shape index (κ2) is 5.75. The van der Waals surface area contributed by atoms with E-state index in [1.165, 1.54) is 17.7 Å². The predicted molar refractivity (Wildman–Crippen MR) is 96.1 cm³/mol. The van der Waals surface area contributed by atoms with E-state index in [9.17, 15) is 4.79 Å². The first kappa shape index (κ1) is 15.4. The van der Waals surface area contributed by atoms with E-state index >= 15 is 0 Å². The Labute approximate surface area is 147 Å². The molecule has 0 radical (unpaired) electrons. The number of primary amides is 1. The van der Waals surface area contributed by atoms with Crippen molar-refractivity contribution in [1.82, 2.24) is 24.5 Å². The lowest BCUT2D eigenvalue weighted by Crippen LogP contribution is -2.15. The molecule has 0 aliphatic carbocycles. The molecule has 7 nitrogen and oxygen atoms in total. The van der Waals surface area contributed by atoms with Crippen LogP contribution in [0.3, 0.4) is 0 Å². The number of carbonyl (C=O) groups is 1. The summed E-state index contributed by atoms with van der Waals surface area (Å²) in [6, 6.07) is 3.89. The Balaban J connectivity index is 1.91. The number of aromatic nitrogens is 5. The van der Waals surface area contributed by atoms with Gasteiger partial charge in [0.25, 0.3) is 5.91 Å². The maximum atomic E-state index is 11.9. The van der Waals surface area contributed by atoms with Gasteiger partial charge in [-0.05, 0) is 19.1 Å². The number of hydrogen-bond acceptors (Lipinski definition) is 6. The molecule has 124 valence electrons. The summed E-state index contributed by atoms with van der Waals surface area (Å²) in [7, 11) is 1.86. The van der Waals surface area contributed by atoms with Gasteiger partial charge in [0.2, 0.25) is 0 Å². The highest BCUT2D eigenvalue weighted by molar-refractivity contribution is 7.18. The highest BCUT2D eigenvalue weighted by Crippen LogP contribution is 2.35. The predicted octanol–water partition coefficient (Wildman–Crippen LogP) is 2.56. The molecule has 4 rings (SSSR count). The van der Waals surface area contributed by atoms with Crippen molar-refractivity contribution in [3.63, 3.8) is 0 Å². The molecule has 0 atom stereocenters. The second-order valence-corrected chi connectivity index (χ2v) is 6.64. The van der Waals surface area contributed by atoms with Crippen LogP contribution in [0.2, 0.25) is 0 Å². The number of nitrogens with zero attached hydrogens (tertiary/aromatic N) is 5. The van der Waals surface area contributed by atoms with Gasteiger partial charge in [-0.2, -0.15) is 0 Å². The summed E-state index contributed by atoms with van der Waals surface area (Å²) in [5.41, 5.74) is 8.90. The van der Waals surface area contributed by atoms with Gasteiger partial charge in [0.1, 0.15) is 11.3 Å². The molecule has 0 unspecified atom stereocenters. The molecule has 25 heavy (non-hydrogen) atoms. The second-order valence-electron chi connectivity index (χ2n) is 5.65. The van der Waals surface area contributed by atoms with E-state index in [1.807, 2.05) is 36.9 Å². The largest absolute Gasteiger partial charge is 0.364 e. The fourth-order valence-corrected chi connectivity index (χ4v) is 3.78. The van der Waals surface area contributed by atoms with Crippen LogP contribution in [-0.4, -0.2) is 30.4 Å². The third-order valence-corrected chi connectivity index (χ3v) is 5.15. The first-order chi connectivity index (χ1) is 12.0. The van der Waals surface area contributed by atoms with Crippen molar-refractivity contribution < 1.29 is 4.79 Å². The minimum absolute atomic E-state index is 0.261. The summed E-state index contributed by atoms with van der Waals surface area (Å²) in [6.07, 6.45) is 6.80. The van der Waals surface area contributed by atoms with Gasteiger partial charge in [0, 0.05) is 36.6 Å². The maximum Gasteiger partial charge on any atom is 0.269 e. The summed E-state index contributed by atoms with van der Waals surface area (Å²) in [5, 5.41) is 1.72. The number of fused-ring (bicyclic) bond motifs is 1. The van der Waals surface area contributed by atoms with Gasteiger partial charge in [-0.15, -0.1) is 11.3 Å². The summed E-state index contributed by atoms with van der Waals surface area (Å²) >= 11 is 1.49. The maximum absolute atomic E-state index is 11.9. The molecule has 2 N–H and O–H groups in total. The summed E-state index contributed by atoms with van der Waals surface area (Å²) < 4.78 is 1.85. The van der Waals surface area contributed by atoms with Crippen molar-refractivity contribution >= 4 is 28.1 Å². The molecule has 4 aromatic rings. The van der Waals surface area contributed by atoms with Crippen LogP contribution in [0, 0.1) is 6.92 Å². The van der Waals surface area contributed by atoms with Crippen molar-refractivity contribution in [3.8, 4) is 21.1 Å². The van der Waals surface area contributed by atoms with Gasteiger partial charge in [-0.25, -0.2) is 19.9 Å². The first-order valence-corrected chi connectivity index (χ1v) is 8.35. The quantitative estimate of drug-likeness (QED) is 0.612. The molecule has 4 aromatic heterocycles. The van der Waals surface area contributed by atoms with E-state index < -0.39 is 5.91 Å². The lowest BCUT2D eigenvalue weighted by atomic mass is 10.2. The minimum atomic E-state index is -0.549. The van der Waals surface area contributed by atoms with Crippen molar-refractivity contribution in [1.29, 1.82) is 0 Å². The van der Waals surface area contributed by atoms with Crippen LogP contribution < -0.4 is 5.73 Å². The molecule has 0 aliphatic rings. The third-order valence-electron chi connectivity index (χ3n) is 3.92. The third kappa shape index (κ3) is 2.56. The number of pyridine rings is 1. The van der Waals surface area contributed by atoms with Gasteiger partial charge in [0.15, 0.2) is 5.69 Å². The lowest BCUT2D eigenvalue weighted by Gasteiger charge is -2.05. The Kier molecular flexibility index (Phi) is 3.54. The molecular formula is C17H14N6OS. The average Bonchev–Trinajstić information content (AvgIpc) is 3.18. The number of hydrogen-bond donors (Lipinski definition) is 1. The molecule has 0 bridgehead atoms. The molecular weight excluding hydrogens is 336 g/mol. The lowest BCUT2D eigenvalue weighted by molar-refractivity contribution is 0.0997. The van der Waals surface area contributed by atoms with Crippen LogP contribution in [0.15, 0.2) is 37.1 Å². The van der Waals surface area contributed by atoms with Crippen LogP contribution in [0.5, 0.6) is 0 Å². The van der Waals surface area contributed by atoms with Crippen LogP contribution in [0.4, 0.5) is 0 Å². The Bertz CT molecular complexity index is 1100. The molecule has 8 heteroatoms. The monoisotopic (exact) mass is 350 g/mol. The summed E-state index contributed by atoms with van der Waals surface area (Å²) in [5.74, 6) is -0.549. The molecule has 0 saturated carbocycles. The highest BCUT2D eigenvalue weighted by atomic mass is 32.1. The van der Waals surface area contributed by atoms with Gasteiger partial charge in [0.05, 0.1) is 21.8 Å². The topological polar surface area (TPSA) is 99.6 Å². The standard InChI is InChI=1S/C17H14N6OS/c1-9-15(25-17(21-9)11-6-19-8-20-7-11)12-5-10-3-4-23(2)14(10)13(22-12)16(18)24/h3-8H,1-2H3,(H2,18,24). The Morgan fingerprint density at radius 3 is 2.72 bits per heavy atom. The van der Waals surface area contributed by atoms with Crippen molar-refractivity contribution in [2.45, 2.75) is 6.92 Å². The summed E-state index contributed by atoms with van der Waals surface area (Å²) in [4.78, 5) is 29.9. The first-order valence-electron chi connectivity index (χ1n) is 7.53. The van der Waals surface area contributed by atoms with E-state index in [0.717, 1.165) is 32.0 Å². The Hall–Kier alpha value is -3.13. The molecule has 0 aromatic carbocycles. The summed E-state index contributed by atoms with van der Waals surface area (Å²) in [6.45, 7) is 1.92. The SMILES string of the molecule is Cc1nc(-c2cncnc2)sc1-c1cc2ccn(C)c2c(C(N)=O)n1. The van der Waals surface area contributed by atoms with E-state index in [2.05, 4.69) is 19.9 Å². The van der Waals surface area contributed by atoms with Crippen molar-refractivity contribution in [2.75, 3.05) is 0 Å². The zero-order chi connectivity index (χ0) is 17.6. The smallest absolute Gasteiger partial charge is 0.269 e. The Morgan fingerprint density at radius 1 is 1.24 bits per heavy atom. The van der Waals surface area contributed by atoms with Crippen LogP contribution in [-0.2, 0) is 7.05 Å². The number of thiazole rings is 1. The molecule has 0 spiro atoms. The van der Waals surface area contributed by atoms with Crippen molar-refractivity contribution in [3.05, 3.63) is 48.4 Å². The van der Waals surface area contributed by atoms with Gasteiger partial charge >= 0.3 is 0 Å². The number of amides is 1. The van der Waals surface area contributed by atoms with E-state index in [4.69, 9.17) is 5.73 Å².